The first-order valence-electron chi connectivity index (χ1n) is 7.80. The number of aromatic nitrogens is 2. The summed E-state index contributed by atoms with van der Waals surface area (Å²) in [6.07, 6.45) is 0.933. The van der Waals surface area contributed by atoms with Crippen LogP contribution in [-0.2, 0) is 6.54 Å². The van der Waals surface area contributed by atoms with Gasteiger partial charge in [-0.3, -0.25) is 0 Å². The second-order valence-corrected chi connectivity index (χ2v) is 5.80. The predicted octanol–water partition coefficient (Wildman–Crippen LogP) is 3.37. The molecule has 120 valence electrons. The smallest absolute Gasteiger partial charge is 0.229 e. The van der Waals surface area contributed by atoms with Crippen LogP contribution in [0, 0.1) is 13.8 Å². The molecule has 0 aliphatic heterocycles. The summed E-state index contributed by atoms with van der Waals surface area (Å²) in [6, 6.07) is 6.20. The number of nitrogens with one attached hydrogen (secondary N) is 1. The summed E-state index contributed by atoms with van der Waals surface area (Å²) in [5.74, 6) is 2.67. The monoisotopic (exact) mass is 303 g/mol. The van der Waals surface area contributed by atoms with Crippen LogP contribution in [-0.4, -0.2) is 23.3 Å². The Hall–Kier alpha value is -1.88. The van der Waals surface area contributed by atoms with E-state index in [4.69, 9.17) is 9.26 Å². The minimum atomic E-state index is 0.270. The van der Waals surface area contributed by atoms with Crippen molar-refractivity contribution in [3.8, 4) is 5.75 Å². The molecule has 0 saturated carbocycles. The van der Waals surface area contributed by atoms with Gasteiger partial charge in [-0.1, -0.05) is 37.2 Å². The number of benzene rings is 1. The lowest BCUT2D eigenvalue weighted by atomic mass is 10.1. The first-order valence-corrected chi connectivity index (χ1v) is 7.80. The maximum Gasteiger partial charge on any atom is 0.229 e. The molecule has 5 nitrogen and oxygen atoms in total. The van der Waals surface area contributed by atoms with Crippen LogP contribution in [0.2, 0.25) is 0 Å². The molecule has 0 bridgehead atoms. The minimum Gasteiger partial charge on any atom is -0.493 e. The van der Waals surface area contributed by atoms with Crippen LogP contribution in [0.1, 0.15) is 49.0 Å². The van der Waals surface area contributed by atoms with Crippen LogP contribution in [0.3, 0.4) is 0 Å². The fourth-order valence-corrected chi connectivity index (χ4v) is 2.17. The first-order chi connectivity index (χ1) is 10.6. The highest BCUT2D eigenvalue weighted by atomic mass is 16.5. The Kier molecular flexibility index (Phi) is 5.95. The number of hydrogen-bond donors (Lipinski definition) is 1. The molecule has 0 radical (unpaired) electrons. The third kappa shape index (κ3) is 4.56. The Bertz CT molecular complexity index is 573. The van der Waals surface area contributed by atoms with Crippen molar-refractivity contribution in [2.45, 2.75) is 46.6 Å². The van der Waals surface area contributed by atoms with E-state index in [0.29, 0.717) is 24.9 Å². The Labute approximate surface area is 132 Å². The summed E-state index contributed by atoms with van der Waals surface area (Å²) in [5, 5.41) is 7.25. The third-order valence-corrected chi connectivity index (χ3v) is 3.41. The third-order valence-electron chi connectivity index (χ3n) is 3.41. The fourth-order valence-electron chi connectivity index (χ4n) is 2.17. The Balaban J connectivity index is 1.65. The summed E-state index contributed by atoms with van der Waals surface area (Å²) in [4.78, 5) is 4.33. The van der Waals surface area contributed by atoms with Crippen LogP contribution in [0.25, 0.3) is 0 Å². The van der Waals surface area contributed by atoms with Gasteiger partial charge < -0.3 is 14.6 Å². The number of aryl methyl sites for hydroxylation is 2. The van der Waals surface area contributed by atoms with E-state index in [9.17, 15) is 0 Å². The second kappa shape index (κ2) is 7.94. The molecule has 0 fully saturated rings. The van der Waals surface area contributed by atoms with E-state index in [0.717, 1.165) is 18.7 Å². The van der Waals surface area contributed by atoms with E-state index in [-0.39, 0.29) is 5.92 Å². The number of hydrogen-bond acceptors (Lipinski definition) is 5. The topological polar surface area (TPSA) is 60.2 Å². The molecular weight excluding hydrogens is 278 g/mol. The molecule has 2 aromatic rings. The van der Waals surface area contributed by atoms with Crippen molar-refractivity contribution < 1.29 is 9.26 Å². The van der Waals surface area contributed by atoms with Gasteiger partial charge in [0.05, 0.1) is 13.2 Å². The van der Waals surface area contributed by atoms with Gasteiger partial charge in [0.15, 0.2) is 5.82 Å². The molecule has 0 aliphatic carbocycles. The van der Waals surface area contributed by atoms with Crippen molar-refractivity contribution >= 4 is 0 Å². The zero-order chi connectivity index (χ0) is 15.9. The molecule has 5 heteroatoms. The average molecular weight is 303 g/mol. The quantitative estimate of drug-likeness (QED) is 0.758. The van der Waals surface area contributed by atoms with E-state index >= 15 is 0 Å². The zero-order valence-electron chi connectivity index (χ0n) is 13.8. The molecule has 22 heavy (non-hydrogen) atoms. The molecule has 0 amide bonds. The molecule has 2 rings (SSSR count). The van der Waals surface area contributed by atoms with Gasteiger partial charge in [-0.25, -0.2) is 0 Å². The maximum absolute atomic E-state index is 5.87. The molecule has 1 aromatic heterocycles. The Morgan fingerprint density at radius 3 is 2.59 bits per heavy atom. The van der Waals surface area contributed by atoms with Gasteiger partial charge in [-0.15, -0.1) is 0 Å². The normalized spacial score (nSPS) is 11.1. The minimum absolute atomic E-state index is 0.270. The molecule has 1 N–H and O–H groups in total. The second-order valence-electron chi connectivity index (χ2n) is 5.80. The Morgan fingerprint density at radius 2 is 1.95 bits per heavy atom. The van der Waals surface area contributed by atoms with Gasteiger partial charge in [0, 0.05) is 5.92 Å². The lowest BCUT2D eigenvalue weighted by molar-refractivity contribution is 0.303. The molecule has 1 aromatic carbocycles. The van der Waals surface area contributed by atoms with E-state index in [2.05, 4.69) is 47.5 Å². The van der Waals surface area contributed by atoms with Gasteiger partial charge in [0.2, 0.25) is 5.89 Å². The van der Waals surface area contributed by atoms with Crippen LogP contribution in [0.5, 0.6) is 5.75 Å². The first kappa shape index (κ1) is 16.5. The van der Waals surface area contributed by atoms with E-state index in [1.807, 2.05) is 13.8 Å². The van der Waals surface area contributed by atoms with Crippen molar-refractivity contribution in [2.75, 3.05) is 13.2 Å². The summed E-state index contributed by atoms with van der Waals surface area (Å²) < 4.78 is 11.0. The lowest BCUT2D eigenvalue weighted by Crippen LogP contribution is -2.18. The molecule has 1 heterocycles. The highest BCUT2D eigenvalue weighted by Crippen LogP contribution is 2.22. The van der Waals surface area contributed by atoms with Crippen LogP contribution < -0.4 is 10.1 Å². The predicted molar refractivity (Wildman–Crippen MR) is 86.1 cm³/mol. The van der Waals surface area contributed by atoms with Crippen molar-refractivity contribution in [2.24, 2.45) is 0 Å². The molecular formula is C17H25N3O2. The van der Waals surface area contributed by atoms with E-state index < -0.39 is 0 Å². The van der Waals surface area contributed by atoms with Crippen molar-refractivity contribution in [1.82, 2.24) is 15.5 Å². The number of rotatable bonds is 8. The maximum atomic E-state index is 5.87. The van der Waals surface area contributed by atoms with Crippen LogP contribution >= 0.6 is 0 Å². The Morgan fingerprint density at radius 1 is 1.23 bits per heavy atom. The summed E-state index contributed by atoms with van der Waals surface area (Å²) in [5.41, 5.74) is 2.36. The van der Waals surface area contributed by atoms with Crippen LogP contribution in [0.4, 0.5) is 0 Å². The fraction of sp³-hybridized carbons (Fsp3) is 0.529. The molecule has 0 saturated heterocycles. The van der Waals surface area contributed by atoms with Crippen LogP contribution in [0.15, 0.2) is 22.7 Å². The van der Waals surface area contributed by atoms with Gasteiger partial charge in [-0.05, 0) is 37.9 Å². The van der Waals surface area contributed by atoms with Gasteiger partial charge in [-0.2, -0.15) is 4.98 Å². The number of para-hydroxylation sites is 1. The lowest BCUT2D eigenvalue weighted by Gasteiger charge is -2.11. The van der Waals surface area contributed by atoms with Gasteiger partial charge >= 0.3 is 0 Å². The molecule has 0 spiro atoms. The largest absolute Gasteiger partial charge is 0.493 e. The van der Waals surface area contributed by atoms with E-state index in [1.54, 1.807) is 0 Å². The summed E-state index contributed by atoms with van der Waals surface area (Å²) in [6.45, 7) is 10.4. The number of nitrogens with zero attached hydrogens (tertiary/aromatic N) is 2. The summed E-state index contributed by atoms with van der Waals surface area (Å²) in [7, 11) is 0. The van der Waals surface area contributed by atoms with Crippen molar-refractivity contribution in [1.29, 1.82) is 0 Å². The average Bonchev–Trinajstić information content (AvgIpc) is 2.94. The van der Waals surface area contributed by atoms with Crippen molar-refractivity contribution in [3.05, 3.63) is 41.0 Å². The zero-order valence-corrected chi connectivity index (χ0v) is 13.8. The SMILES string of the molecule is Cc1cccc(C)c1OCCCNCc1noc(C(C)C)n1. The molecule has 0 unspecified atom stereocenters. The number of ether oxygens (including phenoxy) is 1. The summed E-state index contributed by atoms with van der Waals surface area (Å²) >= 11 is 0. The van der Waals surface area contributed by atoms with Gasteiger partial charge in [0.25, 0.3) is 0 Å². The van der Waals surface area contributed by atoms with Crippen molar-refractivity contribution in [3.63, 3.8) is 0 Å². The molecule has 0 aliphatic rings. The molecule has 0 atom stereocenters. The standard InChI is InChI=1S/C17H25N3O2/c1-12(2)17-19-15(20-22-17)11-18-9-6-10-21-16-13(3)7-5-8-14(16)4/h5,7-8,12,18H,6,9-11H2,1-4H3. The van der Waals surface area contributed by atoms with Gasteiger partial charge in [0.1, 0.15) is 5.75 Å². The highest BCUT2D eigenvalue weighted by molar-refractivity contribution is 5.39. The highest BCUT2D eigenvalue weighted by Gasteiger charge is 2.09. The van der Waals surface area contributed by atoms with E-state index in [1.165, 1.54) is 11.1 Å².